The molecule has 0 atom stereocenters. The summed E-state index contributed by atoms with van der Waals surface area (Å²) in [5.74, 6) is 0.647. The lowest BCUT2D eigenvalue weighted by Crippen LogP contribution is -2.18. The summed E-state index contributed by atoms with van der Waals surface area (Å²) in [6.45, 7) is 0.390. The molecule has 0 fully saturated rings. The van der Waals surface area contributed by atoms with E-state index in [1.807, 2.05) is 0 Å². The number of hydrogen-bond acceptors (Lipinski definition) is 4. The third kappa shape index (κ3) is 1.64. The van der Waals surface area contributed by atoms with E-state index in [-0.39, 0.29) is 5.56 Å². The predicted octanol–water partition coefficient (Wildman–Crippen LogP) is 0.280. The van der Waals surface area contributed by atoms with Gasteiger partial charge in [0.2, 0.25) is 0 Å². The van der Waals surface area contributed by atoms with E-state index in [9.17, 15) is 4.79 Å². The molecule has 5 nitrogen and oxygen atoms in total. The zero-order valence-corrected chi connectivity index (χ0v) is 6.75. The van der Waals surface area contributed by atoms with Crippen LogP contribution in [-0.2, 0) is 6.54 Å². The van der Waals surface area contributed by atoms with E-state index >= 15 is 0 Å². The van der Waals surface area contributed by atoms with Crippen molar-refractivity contribution in [1.82, 2.24) is 14.7 Å². The molecule has 0 aromatic carbocycles. The summed E-state index contributed by atoms with van der Waals surface area (Å²) in [4.78, 5) is 14.9. The van der Waals surface area contributed by atoms with E-state index in [1.165, 1.54) is 10.8 Å². The van der Waals surface area contributed by atoms with Crippen molar-refractivity contribution in [1.29, 1.82) is 0 Å². The van der Waals surface area contributed by atoms with Gasteiger partial charge in [0.25, 0.3) is 5.56 Å². The second-order valence-electron chi connectivity index (χ2n) is 2.52. The molecule has 0 N–H and O–H groups in total. The Kier molecular flexibility index (Phi) is 1.91. The summed E-state index contributed by atoms with van der Waals surface area (Å²) in [5.41, 5.74) is -0.154. The van der Waals surface area contributed by atoms with Gasteiger partial charge in [-0.25, -0.2) is 0 Å². The second kappa shape index (κ2) is 3.22. The van der Waals surface area contributed by atoms with E-state index in [4.69, 9.17) is 4.52 Å². The summed E-state index contributed by atoms with van der Waals surface area (Å²) in [6, 6.07) is 1.72. The average molecular weight is 177 g/mol. The lowest BCUT2D eigenvalue weighted by Gasteiger charge is -1.99. The SMILES string of the molecule is O=c1cnccn1Cc1ccno1. The molecule has 0 aliphatic heterocycles. The Hall–Kier alpha value is -1.91. The Morgan fingerprint density at radius 1 is 1.46 bits per heavy atom. The van der Waals surface area contributed by atoms with Crippen molar-refractivity contribution in [3.63, 3.8) is 0 Å². The van der Waals surface area contributed by atoms with Gasteiger partial charge >= 0.3 is 0 Å². The molecule has 2 aromatic heterocycles. The molecular weight excluding hydrogens is 170 g/mol. The summed E-state index contributed by atoms with van der Waals surface area (Å²) in [7, 11) is 0. The summed E-state index contributed by atoms with van der Waals surface area (Å²) < 4.78 is 6.36. The molecule has 13 heavy (non-hydrogen) atoms. The highest BCUT2D eigenvalue weighted by Crippen LogP contribution is 1.97. The fourth-order valence-corrected chi connectivity index (χ4v) is 0.996. The fourth-order valence-electron chi connectivity index (χ4n) is 0.996. The molecule has 0 spiro atoms. The summed E-state index contributed by atoms with van der Waals surface area (Å²) in [5, 5.41) is 3.54. The smallest absolute Gasteiger partial charge is 0.269 e. The van der Waals surface area contributed by atoms with Gasteiger partial charge in [-0.15, -0.1) is 0 Å². The van der Waals surface area contributed by atoms with Crippen LogP contribution in [0.5, 0.6) is 0 Å². The van der Waals surface area contributed by atoms with Gasteiger partial charge < -0.3 is 9.09 Å². The van der Waals surface area contributed by atoms with E-state index in [1.54, 1.807) is 24.7 Å². The molecule has 0 saturated carbocycles. The zero-order valence-electron chi connectivity index (χ0n) is 6.75. The van der Waals surface area contributed by atoms with Crippen molar-refractivity contribution in [2.75, 3.05) is 0 Å². The van der Waals surface area contributed by atoms with Crippen molar-refractivity contribution in [3.05, 3.63) is 47.0 Å². The highest BCUT2D eigenvalue weighted by Gasteiger charge is 1.99. The van der Waals surface area contributed by atoms with E-state index in [0.717, 1.165) is 0 Å². The quantitative estimate of drug-likeness (QED) is 0.661. The van der Waals surface area contributed by atoms with Crippen LogP contribution in [0.3, 0.4) is 0 Å². The molecule has 2 rings (SSSR count). The Labute approximate surface area is 73.6 Å². The van der Waals surface area contributed by atoms with Crippen LogP contribution < -0.4 is 5.56 Å². The highest BCUT2D eigenvalue weighted by atomic mass is 16.5. The van der Waals surface area contributed by atoms with Crippen molar-refractivity contribution >= 4 is 0 Å². The van der Waals surface area contributed by atoms with Crippen LogP contribution in [-0.4, -0.2) is 14.7 Å². The van der Waals surface area contributed by atoms with Gasteiger partial charge in [-0.1, -0.05) is 5.16 Å². The Morgan fingerprint density at radius 2 is 2.38 bits per heavy atom. The van der Waals surface area contributed by atoms with Crippen LogP contribution in [0.15, 0.2) is 40.2 Å². The minimum Gasteiger partial charge on any atom is -0.359 e. The van der Waals surface area contributed by atoms with Gasteiger partial charge in [0.1, 0.15) is 0 Å². The van der Waals surface area contributed by atoms with E-state index < -0.39 is 0 Å². The Balaban J connectivity index is 2.29. The van der Waals surface area contributed by atoms with Crippen molar-refractivity contribution in [3.8, 4) is 0 Å². The lowest BCUT2D eigenvalue weighted by atomic mass is 10.4. The first-order valence-electron chi connectivity index (χ1n) is 3.76. The Bertz CT molecular complexity index is 433. The fraction of sp³-hybridized carbons (Fsp3) is 0.125. The minimum absolute atomic E-state index is 0.154. The molecule has 0 radical (unpaired) electrons. The van der Waals surface area contributed by atoms with Crippen LogP contribution in [0, 0.1) is 0 Å². The van der Waals surface area contributed by atoms with E-state index in [0.29, 0.717) is 12.3 Å². The van der Waals surface area contributed by atoms with Gasteiger partial charge in [-0.05, 0) is 0 Å². The third-order valence-corrected chi connectivity index (χ3v) is 1.62. The van der Waals surface area contributed by atoms with Gasteiger partial charge in [0, 0.05) is 18.5 Å². The van der Waals surface area contributed by atoms with Gasteiger partial charge in [-0.3, -0.25) is 9.78 Å². The maximum Gasteiger partial charge on any atom is 0.269 e. The van der Waals surface area contributed by atoms with Crippen LogP contribution in [0.4, 0.5) is 0 Å². The van der Waals surface area contributed by atoms with E-state index in [2.05, 4.69) is 10.1 Å². The molecule has 0 bridgehead atoms. The maximum absolute atomic E-state index is 11.2. The summed E-state index contributed by atoms with van der Waals surface area (Å²) >= 11 is 0. The molecule has 0 amide bonds. The first kappa shape index (κ1) is 7.72. The number of rotatable bonds is 2. The third-order valence-electron chi connectivity index (χ3n) is 1.62. The van der Waals surface area contributed by atoms with Gasteiger partial charge in [-0.2, -0.15) is 0 Å². The number of hydrogen-bond donors (Lipinski definition) is 0. The zero-order chi connectivity index (χ0) is 9.10. The number of aromatic nitrogens is 3. The standard InChI is InChI=1S/C8H7N3O2/c12-8-5-9-3-4-11(8)6-7-1-2-10-13-7/h1-5H,6H2. The van der Waals surface area contributed by atoms with Crippen molar-refractivity contribution < 1.29 is 4.52 Å². The lowest BCUT2D eigenvalue weighted by molar-refractivity contribution is 0.375. The molecule has 0 unspecified atom stereocenters. The van der Waals surface area contributed by atoms with Crippen LogP contribution in [0.1, 0.15) is 5.76 Å². The second-order valence-corrected chi connectivity index (χ2v) is 2.52. The highest BCUT2D eigenvalue weighted by molar-refractivity contribution is 4.95. The Morgan fingerprint density at radius 3 is 3.08 bits per heavy atom. The molecule has 66 valence electrons. The molecule has 0 aliphatic rings. The first-order valence-corrected chi connectivity index (χ1v) is 3.76. The molecule has 2 heterocycles. The maximum atomic E-state index is 11.2. The van der Waals surface area contributed by atoms with Crippen molar-refractivity contribution in [2.24, 2.45) is 0 Å². The molecule has 0 aliphatic carbocycles. The molecule has 2 aromatic rings. The largest absolute Gasteiger partial charge is 0.359 e. The van der Waals surface area contributed by atoms with Gasteiger partial charge in [0.15, 0.2) is 5.76 Å². The molecular formula is C8H7N3O2. The topological polar surface area (TPSA) is 60.9 Å². The normalized spacial score (nSPS) is 10.2. The van der Waals surface area contributed by atoms with Crippen LogP contribution in [0.2, 0.25) is 0 Å². The predicted molar refractivity (Wildman–Crippen MR) is 44.1 cm³/mol. The average Bonchev–Trinajstić information content (AvgIpc) is 2.61. The first-order chi connectivity index (χ1) is 6.36. The van der Waals surface area contributed by atoms with Crippen LogP contribution in [0.25, 0.3) is 0 Å². The molecule has 5 heteroatoms. The van der Waals surface area contributed by atoms with Crippen LogP contribution >= 0.6 is 0 Å². The number of nitrogens with zero attached hydrogens (tertiary/aromatic N) is 3. The van der Waals surface area contributed by atoms with Crippen molar-refractivity contribution in [2.45, 2.75) is 6.54 Å². The molecule has 0 saturated heterocycles. The minimum atomic E-state index is -0.154. The summed E-state index contributed by atoms with van der Waals surface area (Å²) in [6.07, 6.45) is 5.96. The van der Waals surface area contributed by atoms with Gasteiger partial charge in [0.05, 0.1) is 18.9 Å². The monoisotopic (exact) mass is 177 g/mol.